The molecular weight excluding hydrogens is 496 g/mol. The Hall–Kier alpha value is -4.40. The van der Waals surface area contributed by atoms with Crippen molar-refractivity contribution >= 4 is 23.1 Å². The lowest BCUT2D eigenvalue weighted by molar-refractivity contribution is -0.132. The van der Waals surface area contributed by atoms with Crippen molar-refractivity contribution in [1.82, 2.24) is 0 Å². The molecule has 0 aliphatic carbocycles. The van der Waals surface area contributed by atoms with Crippen molar-refractivity contribution < 1.29 is 37.7 Å². The third kappa shape index (κ3) is 4.79. The summed E-state index contributed by atoms with van der Waals surface area (Å²) in [5.41, 5.74) is 0.553. The summed E-state index contributed by atoms with van der Waals surface area (Å²) in [6.45, 7) is 6.12. The molecule has 1 amide bonds. The molecule has 4 rings (SSSR count). The Morgan fingerprint density at radius 3 is 2.26 bits per heavy atom. The van der Waals surface area contributed by atoms with E-state index in [0.29, 0.717) is 41.6 Å². The van der Waals surface area contributed by atoms with Gasteiger partial charge in [0.1, 0.15) is 23.1 Å². The number of nitrogens with zero attached hydrogens (tertiary/aromatic N) is 1. The van der Waals surface area contributed by atoms with Gasteiger partial charge in [0.2, 0.25) is 0 Å². The molecule has 7 nitrogen and oxygen atoms in total. The van der Waals surface area contributed by atoms with Gasteiger partial charge in [-0.25, -0.2) is 8.78 Å². The first-order valence-electron chi connectivity index (χ1n) is 12.0. The van der Waals surface area contributed by atoms with Crippen molar-refractivity contribution in [3.8, 4) is 17.2 Å². The number of ether oxygens (including phenoxy) is 3. The van der Waals surface area contributed by atoms with Gasteiger partial charge < -0.3 is 19.3 Å². The van der Waals surface area contributed by atoms with Gasteiger partial charge in [0.25, 0.3) is 11.7 Å². The predicted molar refractivity (Wildman–Crippen MR) is 138 cm³/mol. The summed E-state index contributed by atoms with van der Waals surface area (Å²) >= 11 is 0. The Morgan fingerprint density at radius 2 is 1.61 bits per heavy atom. The first-order valence-corrected chi connectivity index (χ1v) is 12.0. The molecule has 9 heteroatoms. The zero-order valence-corrected chi connectivity index (χ0v) is 21.4. The Kier molecular flexibility index (Phi) is 7.66. The molecule has 3 aromatic carbocycles. The van der Waals surface area contributed by atoms with E-state index >= 15 is 0 Å². The summed E-state index contributed by atoms with van der Waals surface area (Å²) in [6, 6.07) is 10.8. The molecule has 0 spiro atoms. The topological polar surface area (TPSA) is 85.3 Å². The van der Waals surface area contributed by atoms with Crippen LogP contribution in [-0.2, 0) is 9.59 Å². The van der Waals surface area contributed by atoms with Crippen LogP contribution in [0.25, 0.3) is 5.76 Å². The van der Waals surface area contributed by atoms with E-state index in [9.17, 15) is 23.5 Å². The number of carbonyl (C=O) groups is 2. The number of aliphatic hydroxyl groups is 1. The number of anilines is 1. The van der Waals surface area contributed by atoms with E-state index in [1.54, 1.807) is 50.2 Å². The standard InChI is InChI=1S/C29H27F2NO6/c1-5-37-22-11-8-18(13-16(22)3)27(33)25-26(17-7-12-23(36-4)24(14-17)38-6-2)32(29(35)28(25)34)21-15-19(30)9-10-20(21)31/h7-15,26,33H,5-6H2,1-4H3/b27-25+. The smallest absolute Gasteiger partial charge is 0.300 e. The van der Waals surface area contributed by atoms with Crippen LogP contribution in [-0.4, -0.2) is 37.1 Å². The lowest BCUT2D eigenvalue weighted by Gasteiger charge is -2.26. The molecule has 1 unspecified atom stereocenters. The lowest BCUT2D eigenvalue weighted by Crippen LogP contribution is -2.30. The van der Waals surface area contributed by atoms with Crippen LogP contribution in [0.15, 0.2) is 60.2 Å². The number of aliphatic hydroxyl groups excluding tert-OH is 1. The fraction of sp³-hybridized carbons (Fsp3) is 0.241. The Bertz CT molecular complexity index is 1430. The lowest BCUT2D eigenvalue weighted by atomic mass is 9.94. The third-order valence-electron chi connectivity index (χ3n) is 6.16. The fourth-order valence-corrected chi connectivity index (χ4v) is 4.47. The number of ketones is 1. The summed E-state index contributed by atoms with van der Waals surface area (Å²) in [6.07, 6.45) is 0. The van der Waals surface area contributed by atoms with E-state index in [1.807, 2.05) is 6.92 Å². The highest BCUT2D eigenvalue weighted by molar-refractivity contribution is 6.51. The molecule has 1 atom stereocenters. The number of aryl methyl sites for hydroxylation is 1. The molecule has 1 N–H and O–H groups in total. The van der Waals surface area contributed by atoms with Crippen LogP contribution in [0.5, 0.6) is 17.2 Å². The van der Waals surface area contributed by atoms with Gasteiger partial charge in [-0.1, -0.05) is 6.07 Å². The van der Waals surface area contributed by atoms with Crippen LogP contribution in [0.1, 0.15) is 36.6 Å². The van der Waals surface area contributed by atoms with E-state index in [1.165, 1.54) is 7.11 Å². The second kappa shape index (κ2) is 10.9. The minimum Gasteiger partial charge on any atom is -0.507 e. The van der Waals surface area contributed by atoms with E-state index in [-0.39, 0.29) is 11.1 Å². The average Bonchev–Trinajstić information content (AvgIpc) is 3.16. The van der Waals surface area contributed by atoms with Crippen LogP contribution in [0.2, 0.25) is 0 Å². The van der Waals surface area contributed by atoms with E-state index < -0.39 is 40.8 Å². The van der Waals surface area contributed by atoms with Gasteiger partial charge in [-0.05, 0) is 74.4 Å². The first kappa shape index (κ1) is 26.7. The second-order valence-corrected chi connectivity index (χ2v) is 8.52. The van der Waals surface area contributed by atoms with Crippen LogP contribution in [0, 0.1) is 18.6 Å². The van der Waals surface area contributed by atoms with Gasteiger partial charge in [-0.2, -0.15) is 0 Å². The summed E-state index contributed by atoms with van der Waals surface area (Å²) in [7, 11) is 1.46. The van der Waals surface area contributed by atoms with Crippen molar-refractivity contribution in [3.05, 3.63) is 88.5 Å². The van der Waals surface area contributed by atoms with Gasteiger partial charge in [-0.15, -0.1) is 0 Å². The number of amides is 1. The average molecular weight is 524 g/mol. The van der Waals surface area contributed by atoms with Crippen molar-refractivity contribution in [1.29, 1.82) is 0 Å². The molecule has 3 aromatic rings. The van der Waals surface area contributed by atoms with E-state index in [2.05, 4.69) is 0 Å². The molecule has 1 saturated heterocycles. The summed E-state index contributed by atoms with van der Waals surface area (Å²) in [4.78, 5) is 27.5. The normalized spacial score (nSPS) is 16.6. The number of rotatable bonds is 8. The van der Waals surface area contributed by atoms with Crippen molar-refractivity contribution in [2.24, 2.45) is 0 Å². The maximum absolute atomic E-state index is 14.9. The molecule has 1 aliphatic heterocycles. The van der Waals surface area contributed by atoms with Crippen molar-refractivity contribution in [3.63, 3.8) is 0 Å². The van der Waals surface area contributed by atoms with Gasteiger partial charge >= 0.3 is 0 Å². The molecule has 0 radical (unpaired) electrons. The van der Waals surface area contributed by atoms with Crippen LogP contribution in [0.4, 0.5) is 14.5 Å². The Labute approximate surface area is 218 Å². The molecule has 1 aliphatic rings. The van der Waals surface area contributed by atoms with Gasteiger partial charge in [0, 0.05) is 11.6 Å². The number of methoxy groups -OCH3 is 1. The second-order valence-electron chi connectivity index (χ2n) is 8.52. The fourth-order valence-electron chi connectivity index (χ4n) is 4.47. The highest BCUT2D eigenvalue weighted by Crippen LogP contribution is 2.45. The molecule has 198 valence electrons. The van der Waals surface area contributed by atoms with Gasteiger partial charge in [0.05, 0.1) is 37.6 Å². The SMILES string of the molecule is CCOc1ccc(/C(O)=C2\C(=O)C(=O)N(c3cc(F)ccc3F)C2c2ccc(OC)c(OCC)c2)cc1C. The molecule has 0 saturated carbocycles. The van der Waals surface area contributed by atoms with E-state index in [4.69, 9.17) is 14.2 Å². The summed E-state index contributed by atoms with van der Waals surface area (Å²) < 4.78 is 45.7. The molecule has 38 heavy (non-hydrogen) atoms. The zero-order chi connectivity index (χ0) is 27.6. The number of hydrogen-bond donors (Lipinski definition) is 1. The maximum Gasteiger partial charge on any atom is 0.300 e. The first-order chi connectivity index (χ1) is 18.2. The Balaban J connectivity index is 1.97. The molecule has 1 heterocycles. The zero-order valence-electron chi connectivity index (χ0n) is 21.4. The van der Waals surface area contributed by atoms with Crippen LogP contribution >= 0.6 is 0 Å². The van der Waals surface area contributed by atoms with Crippen molar-refractivity contribution in [2.45, 2.75) is 26.8 Å². The largest absolute Gasteiger partial charge is 0.507 e. The minimum atomic E-state index is -1.29. The number of hydrogen-bond acceptors (Lipinski definition) is 6. The number of carbonyl (C=O) groups excluding carboxylic acids is 2. The third-order valence-corrected chi connectivity index (χ3v) is 6.16. The maximum atomic E-state index is 14.9. The molecule has 0 aromatic heterocycles. The Morgan fingerprint density at radius 1 is 0.921 bits per heavy atom. The van der Waals surface area contributed by atoms with Crippen LogP contribution in [0.3, 0.4) is 0 Å². The van der Waals surface area contributed by atoms with Gasteiger partial charge in [0.15, 0.2) is 11.5 Å². The highest BCUT2D eigenvalue weighted by atomic mass is 19.1. The number of benzene rings is 3. The van der Waals surface area contributed by atoms with Gasteiger partial charge in [-0.3, -0.25) is 14.5 Å². The predicted octanol–water partition coefficient (Wildman–Crippen LogP) is 5.71. The molecular formula is C29H27F2NO6. The number of Topliss-reactive ketones (excluding diaryl/α,β-unsaturated/α-hetero) is 1. The molecule has 0 bridgehead atoms. The van der Waals surface area contributed by atoms with Crippen molar-refractivity contribution in [2.75, 3.05) is 25.2 Å². The number of halogens is 2. The monoisotopic (exact) mass is 523 g/mol. The minimum absolute atomic E-state index is 0.257. The van der Waals surface area contributed by atoms with Crippen LogP contribution < -0.4 is 19.1 Å². The molecule has 1 fully saturated rings. The van der Waals surface area contributed by atoms with E-state index in [0.717, 1.165) is 23.1 Å². The highest BCUT2D eigenvalue weighted by Gasteiger charge is 2.48. The summed E-state index contributed by atoms with van der Waals surface area (Å²) in [5, 5.41) is 11.4. The quantitative estimate of drug-likeness (QED) is 0.231. The summed E-state index contributed by atoms with van der Waals surface area (Å²) in [5.74, 6) is -3.02.